The van der Waals surface area contributed by atoms with Crippen LogP contribution in [0.1, 0.15) is 27.7 Å². The summed E-state index contributed by atoms with van der Waals surface area (Å²) in [6.45, 7) is 8.72. The lowest BCUT2D eigenvalue weighted by Gasteiger charge is -2.13. The van der Waals surface area contributed by atoms with Crippen LogP contribution in [0.2, 0.25) is 0 Å². The number of benzene rings is 1. The van der Waals surface area contributed by atoms with E-state index in [0.29, 0.717) is 31.3 Å². The van der Waals surface area contributed by atoms with Crippen molar-refractivity contribution >= 4 is 10.0 Å². The minimum absolute atomic E-state index is 0.0677. The molecule has 0 saturated heterocycles. The molecule has 0 atom stereocenters. The van der Waals surface area contributed by atoms with Crippen LogP contribution in [0.4, 0.5) is 0 Å². The lowest BCUT2D eigenvalue weighted by Crippen LogP contribution is -2.26. The van der Waals surface area contributed by atoms with Gasteiger partial charge in [0.05, 0.1) is 24.7 Å². The van der Waals surface area contributed by atoms with Gasteiger partial charge < -0.3 is 9.47 Å². The second-order valence-corrected chi connectivity index (χ2v) is 6.41. The number of ether oxygens (including phenoxy) is 2. The number of nitrogens with one attached hydrogen (secondary N) is 1. The van der Waals surface area contributed by atoms with Crippen LogP contribution in [0.5, 0.6) is 11.5 Å². The topological polar surface area (TPSA) is 73.9 Å². The van der Waals surface area contributed by atoms with Crippen LogP contribution < -0.4 is 14.4 Å². The van der Waals surface area contributed by atoms with Crippen molar-refractivity contribution in [3.63, 3.8) is 0 Å². The van der Waals surface area contributed by atoms with Gasteiger partial charge in [0.15, 0.2) is 11.5 Å². The zero-order chi connectivity index (χ0) is 15.9. The minimum Gasteiger partial charge on any atom is -0.490 e. The predicted octanol–water partition coefficient (Wildman–Crippen LogP) is 2.35. The summed E-state index contributed by atoms with van der Waals surface area (Å²) in [4.78, 5) is 7.15. The van der Waals surface area contributed by atoms with Crippen molar-refractivity contribution in [2.75, 3.05) is 19.8 Å². The van der Waals surface area contributed by atoms with Gasteiger partial charge in [-0.25, -0.2) is 8.42 Å². The summed E-state index contributed by atoms with van der Waals surface area (Å²) in [5.74, 6) is 1.14. The summed E-state index contributed by atoms with van der Waals surface area (Å²) in [6.07, 6.45) is 0. The van der Waals surface area contributed by atoms with E-state index in [1.807, 2.05) is 27.7 Å². The van der Waals surface area contributed by atoms with Crippen molar-refractivity contribution in [2.45, 2.75) is 32.6 Å². The molecule has 120 valence electrons. The van der Waals surface area contributed by atoms with Gasteiger partial charge in [-0.2, -0.15) is 0 Å². The Kier molecular flexibility index (Phi) is 6.94. The van der Waals surface area contributed by atoms with E-state index in [0.717, 1.165) is 0 Å². The quantitative estimate of drug-likeness (QED) is 0.708. The largest absolute Gasteiger partial charge is 0.490 e. The van der Waals surface area contributed by atoms with E-state index in [-0.39, 0.29) is 10.8 Å². The zero-order valence-electron chi connectivity index (χ0n) is 12.9. The zero-order valence-corrected chi connectivity index (χ0v) is 13.7. The first-order valence-corrected chi connectivity index (χ1v) is 8.42. The molecule has 1 aromatic carbocycles. The van der Waals surface area contributed by atoms with Crippen molar-refractivity contribution in [1.82, 2.24) is 4.89 Å². The fourth-order valence-corrected chi connectivity index (χ4v) is 2.35. The number of rotatable bonds is 9. The van der Waals surface area contributed by atoms with E-state index in [2.05, 4.69) is 4.89 Å². The third-order valence-corrected chi connectivity index (χ3v) is 3.62. The number of hydrogen-bond acceptors (Lipinski definition) is 5. The molecule has 0 aliphatic carbocycles. The molecule has 0 aliphatic heterocycles. The maximum Gasteiger partial charge on any atom is 0.262 e. The summed E-state index contributed by atoms with van der Waals surface area (Å²) >= 11 is 0. The highest BCUT2D eigenvalue weighted by Gasteiger charge is 2.17. The molecule has 1 rings (SSSR count). The van der Waals surface area contributed by atoms with Crippen LogP contribution >= 0.6 is 0 Å². The summed E-state index contributed by atoms with van der Waals surface area (Å²) in [6, 6.07) is 4.45. The van der Waals surface area contributed by atoms with E-state index >= 15 is 0 Å². The second-order valence-electron chi connectivity index (χ2n) is 4.77. The second kappa shape index (κ2) is 8.21. The van der Waals surface area contributed by atoms with Crippen molar-refractivity contribution in [3.05, 3.63) is 18.2 Å². The summed E-state index contributed by atoms with van der Waals surface area (Å²) in [7, 11) is -3.74. The molecule has 7 heteroatoms. The van der Waals surface area contributed by atoms with E-state index in [1.165, 1.54) is 12.1 Å². The maximum atomic E-state index is 12.1. The molecule has 0 spiro atoms. The highest BCUT2D eigenvalue weighted by molar-refractivity contribution is 7.89. The monoisotopic (exact) mass is 317 g/mol. The Labute approximate surface area is 126 Å². The molecule has 0 saturated carbocycles. The average molecular weight is 317 g/mol. The Morgan fingerprint density at radius 1 is 1.10 bits per heavy atom. The lowest BCUT2D eigenvalue weighted by molar-refractivity contribution is 0.0718. The summed E-state index contributed by atoms with van der Waals surface area (Å²) in [5.41, 5.74) is 0. The third kappa shape index (κ3) is 5.53. The Hall–Kier alpha value is -1.31. The van der Waals surface area contributed by atoms with Crippen molar-refractivity contribution in [1.29, 1.82) is 0 Å². The van der Waals surface area contributed by atoms with Crippen molar-refractivity contribution in [2.24, 2.45) is 5.92 Å². The van der Waals surface area contributed by atoms with Gasteiger partial charge in [0.1, 0.15) is 0 Å². The Morgan fingerprint density at radius 2 is 1.71 bits per heavy atom. The van der Waals surface area contributed by atoms with Crippen LogP contribution in [0, 0.1) is 5.92 Å². The van der Waals surface area contributed by atoms with E-state index in [9.17, 15) is 8.42 Å². The molecule has 0 bridgehead atoms. The van der Waals surface area contributed by atoms with E-state index in [1.54, 1.807) is 6.07 Å². The molecule has 0 fully saturated rings. The normalized spacial score (nSPS) is 11.7. The first-order valence-electron chi connectivity index (χ1n) is 6.94. The molecule has 6 nitrogen and oxygen atoms in total. The third-order valence-electron chi connectivity index (χ3n) is 2.41. The Bertz CT molecular complexity index is 542. The first-order chi connectivity index (χ1) is 9.90. The molecule has 0 heterocycles. The Morgan fingerprint density at radius 3 is 2.29 bits per heavy atom. The van der Waals surface area contributed by atoms with Gasteiger partial charge >= 0.3 is 0 Å². The summed E-state index contributed by atoms with van der Waals surface area (Å²) in [5, 5.41) is 0. The lowest BCUT2D eigenvalue weighted by atomic mass is 10.2. The molecule has 1 N–H and O–H groups in total. The molecule has 0 amide bonds. The van der Waals surface area contributed by atoms with Gasteiger partial charge in [-0.3, -0.25) is 4.84 Å². The molecule has 0 aromatic heterocycles. The standard InChI is InChI=1S/C14H23NO5S/c1-5-18-13-8-7-12(9-14(13)19-6-2)21(16,17)15-20-10-11(3)4/h7-9,11,15H,5-6,10H2,1-4H3. The molecular formula is C14H23NO5S. The van der Waals surface area contributed by atoms with Gasteiger partial charge in [-0.1, -0.05) is 18.7 Å². The van der Waals surface area contributed by atoms with Gasteiger partial charge in [-0.05, 0) is 31.9 Å². The smallest absolute Gasteiger partial charge is 0.262 e. The van der Waals surface area contributed by atoms with Crippen molar-refractivity contribution in [3.8, 4) is 11.5 Å². The molecule has 0 unspecified atom stereocenters. The van der Waals surface area contributed by atoms with Gasteiger partial charge in [-0.15, -0.1) is 0 Å². The highest BCUT2D eigenvalue weighted by atomic mass is 32.2. The van der Waals surface area contributed by atoms with Crippen LogP contribution in [-0.2, 0) is 14.9 Å². The van der Waals surface area contributed by atoms with E-state index in [4.69, 9.17) is 14.3 Å². The van der Waals surface area contributed by atoms with Gasteiger partial charge in [0.2, 0.25) is 0 Å². The van der Waals surface area contributed by atoms with Crippen LogP contribution in [0.25, 0.3) is 0 Å². The Balaban J connectivity index is 2.93. The highest BCUT2D eigenvalue weighted by Crippen LogP contribution is 2.30. The minimum atomic E-state index is -3.74. The van der Waals surface area contributed by atoms with Crippen LogP contribution in [-0.4, -0.2) is 28.2 Å². The molecular weight excluding hydrogens is 294 g/mol. The molecule has 0 radical (unpaired) electrons. The fourth-order valence-electron chi connectivity index (χ4n) is 1.52. The summed E-state index contributed by atoms with van der Waals surface area (Å²) < 4.78 is 35.0. The fraction of sp³-hybridized carbons (Fsp3) is 0.571. The predicted molar refractivity (Wildman–Crippen MR) is 79.9 cm³/mol. The number of hydrogen-bond donors (Lipinski definition) is 1. The van der Waals surface area contributed by atoms with Gasteiger partial charge in [0, 0.05) is 6.07 Å². The molecule has 21 heavy (non-hydrogen) atoms. The number of sulfonamides is 1. The van der Waals surface area contributed by atoms with Crippen LogP contribution in [0.3, 0.4) is 0 Å². The van der Waals surface area contributed by atoms with Gasteiger partial charge in [0.25, 0.3) is 10.0 Å². The van der Waals surface area contributed by atoms with Crippen molar-refractivity contribution < 1.29 is 22.7 Å². The molecule has 0 aliphatic rings. The molecule has 1 aromatic rings. The first kappa shape index (κ1) is 17.7. The van der Waals surface area contributed by atoms with Crippen LogP contribution in [0.15, 0.2) is 23.1 Å². The SMILES string of the molecule is CCOc1ccc(S(=O)(=O)NOCC(C)C)cc1OCC. The maximum absolute atomic E-state index is 12.1. The average Bonchev–Trinajstić information content (AvgIpc) is 2.40. The van der Waals surface area contributed by atoms with E-state index < -0.39 is 10.0 Å².